The number of hydrogen-bond donors (Lipinski definition) is 1. The fourth-order valence-corrected chi connectivity index (χ4v) is 3.16. The van der Waals surface area contributed by atoms with E-state index in [2.05, 4.69) is 9.68 Å². The number of hydrogen-bond acceptors (Lipinski definition) is 2. The molecule has 0 heterocycles. The van der Waals surface area contributed by atoms with Gasteiger partial charge in [-0.25, -0.2) is 4.21 Å². The zero-order chi connectivity index (χ0) is 12.5. The van der Waals surface area contributed by atoms with Gasteiger partial charge in [-0.1, -0.05) is 11.6 Å². The monoisotopic (exact) mass is 288 g/mol. The van der Waals surface area contributed by atoms with Gasteiger partial charge in [-0.2, -0.15) is 4.36 Å². The van der Waals surface area contributed by atoms with Crippen molar-refractivity contribution in [3.8, 4) is 0 Å². The highest BCUT2D eigenvalue weighted by Crippen LogP contribution is 2.20. The van der Waals surface area contributed by atoms with E-state index in [1.165, 1.54) is 0 Å². The van der Waals surface area contributed by atoms with E-state index in [1.807, 2.05) is 0 Å². The second-order valence-corrected chi connectivity index (χ2v) is 7.15. The molecule has 0 aliphatic heterocycles. The average molecular weight is 289 g/mol. The molecule has 2 rings (SSSR count). The van der Waals surface area contributed by atoms with Crippen molar-refractivity contribution >= 4 is 38.7 Å². The molecule has 0 radical (unpaired) electrons. The highest BCUT2D eigenvalue weighted by atomic mass is 35.5. The molecule has 0 aromatic heterocycles. The Bertz CT molecular complexity index is 543. The molecule has 6 heteroatoms. The molecule has 0 spiro atoms. The van der Waals surface area contributed by atoms with E-state index in [9.17, 15) is 4.21 Å². The lowest BCUT2D eigenvalue weighted by Crippen LogP contribution is -2.22. The molecule has 0 saturated heterocycles. The number of thiocarbonyl (C=S) groups is 1. The van der Waals surface area contributed by atoms with Crippen molar-refractivity contribution in [2.45, 2.75) is 23.8 Å². The Morgan fingerprint density at radius 3 is 2.59 bits per heavy atom. The first-order chi connectivity index (χ1) is 7.97. The minimum absolute atomic E-state index is 0.329. The van der Waals surface area contributed by atoms with Crippen LogP contribution in [-0.4, -0.2) is 21.6 Å². The van der Waals surface area contributed by atoms with E-state index < -0.39 is 9.73 Å². The van der Waals surface area contributed by atoms with Crippen LogP contribution in [0.15, 0.2) is 33.5 Å². The first-order valence-corrected chi connectivity index (χ1v) is 7.96. The van der Waals surface area contributed by atoms with E-state index in [1.54, 1.807) is 30.5 Å². The molecule has 1 aromatic carbocycles. The first-order valence-electron chi connectivity index (χ1n) is 5.25. The summed E-state index contributed by atoms with van der Waals surface area (Å²) in [5.41, 5.74) is 0. The number of rotatable bonds is 2. The van der Waals surface area contributed by atoms with Gasteiger partial charge >= 0.3 is 0 Å². The first kappa shape index (κ1) is 12.8. The van der Waals surface area contributed by atoms with Crippen molar-refractivity contribution in [1.29, 1.82) is 0 Å². The second-order valence-electron chi connectivity index (χ2n) is 4.07. The van der Waals surface area contributed by atoms with Gasteiger partial charge < -0.3 is 5.32 Å². The molecule has 1 aliphatic rings. The third-order valence-corrected chi connectivity index (χ3v) is 4.67. The molecule has 1 aromatic rings. The third kappa shape index (κ3) is 3.66. The fraction of sp³-hybridized carbons (Fsp3) is 0.364. The predicted molar refractivity (Wildman–Crippen MR) is 75.0 cm³/mol. The van der Waals surface area contributed by atoms with Crippen LogP contribution in [0.5, 0.6) is 0 Å². The highest BCUT2D eigenvalue weighted by Gasteiger charge is 2.22. The maximum absolute atomic E-state index is 12.4. The molecule has 3 nitrogen and oxygen atoms in total. The molecule has 1 saturated carbocycles. The fourth-order valence-electron chi connectivity index (χ4n) is 1.33. The van der Waals surface area contributed by atoms with E-state index in [-0.39, 0.29) is 0 Å². The SMILES string of the molecule is CS(=O)(=NC(=S)NC1CC1)c1ccc(Cl)cc1. The third-order valence-electron chi connectivity index (χ3n) is 2.41. The molecule has 1 aliphatic carbocycles. The Hall–Kier alpha value is -0.650. The van der Waals surface area contributed by atoms with Gasteiger partial charge in [-0.15, -0.1) is 0 Å². The van der Waals surface area contributed by atoms with Gasteiger partial charge in [0.2, 0.25) is 5.11 Å². The average Bonchev–Trinajstić information content (AvgIpc) is 3.01. The summed E-state index contributed by atoms with van der Waals surface area (Å²) in [4.78, 5) is 0.641. The molecule has 1 unspecified atom stereocenters. The number of nitrogens with one attached hydrogen (secondary N) is 1. The molecule has 1 atom stereocenters. The predicted octanol–water partition coefficient (Wildman–Crippen LogP) is 2.83. The lowest BCUT2D eigenvalue weighted by atomic mass is 10.4. The van der Waals surface area contributed by atoms with Crippen LogP contribution in [0.1, 0.15) is 12.8 Å². The van der Waals surface area contributed by atoms with Crippen molar-refractivity contribution in [2.24, 2.45) is 4.36 Å². The normalized spacial score (nSPS) is 18.2. The van der Waals surface area contributed by atoms with Gasteiger partial charge in [-0.05, 0) is 49.3 Å². The topological polar surface area (TPSA) is 41.5 Å². The Kier molecular flexibility index (Phi) is 3.70. The summed E-state index contributed by atoms with van der Waals surface area (Å²) in [5.74, 6) is 0. The number of halogens is 1. The van der Waals surface area contributed by atoms with Crippen LogP contribution < -0.4 is 5.32 Å². The van der Waals surface area contributed by atoms with Gasteiger partial charge in [-0.3, -0.25) is 0 Å². The number of nitrogens with zero attached hydrogens (tertiary/aromatic N) is 1. The minimum Gasteiger partial charge on any atom is -0.358 e. The van der Waals surface area contributed by atoms with Gasteiger partial charge in [0.05, 0.1) is 9.73 Å². The van der Waals surface area contributed by atoms with E-state index in [0.717, 1.165) is 12.8 Å². The molecule has 1 fully saturated rings. The summed E-state index contributed by atoms with van der Waals surface area (Å²) in [6, 6.07) is 7.26. The number of benzene rings is 1. The quantitative estimate of drug-likeness (QED) is 0.851. The molecule has 0 amide bonds. The summed E-state index contributed by atoms with van der Waals surface area (Å²) in [6.07, 6.45) is 3.81. The van der Waals surface area contributed by atoms with Gasteiger partial charge in [0.15, 0.2) is 0 Å². The second kappa shape index (κ2) is 4.92. The van der Waals surface area contributed by atoms with Gasteiger partial charge in [0, 0.05) is 22.2 Å². The lowest BCUT2D eigenvalue weighted by molar-refractivity contribution is 0.681. The molecular formula is C11H13ClN2OS2. The van der Waals surface area contributed by atoms with Crippen LogP contribution in [0.3, 0.4) is 0 Å². The summed E-state index contributed by atoms with van der Waals surface area (Å²) in [7, 11) is -2.48. The highest BCUT2D eigenvalue weighted by molar-refractivity contribution is 7.94. The molecular weight excluding hydrogens is 276 g/mol. The maximum atomic E-state index is 12.4. The Labute approximate surface area is 112 Å². The molecule has 92 valence electrons. The summed E-state index contributed by atoms with van der Waals surface area (Å²) < 4.78 is 16.5. The van der Waals surface area contributed by atoms with Crippen molar-refractivity contribution in [3.05, 3.63) is 29.3 Å². The summed E-state index contributed by atoms with van der Waals surface area (Å²) >= 11 is 10.8. The smallest absolute Gasteiger partial charge is 0.202 e. The largest absolute Gasteiger partial charge is 0.358 e. The molecule has 17 heavy (non-hydrogen) atoms. The van der Waals surface area contributed by atoms with E-state index >= 15 is 0 Å². The van der Waals surface area contributed by atoms with Crippen molar-refractivity contribution < 1.29 is 4.21 Å². The van der Waals surface area contributed by atoms with Gasteiger partial charge in [0.1, 0.15) is 0 Å². The standard InChI is InChI=1S/C11H13ClN2OS2/c1-17(15,10-6-2-8(12)3-7-10)14-11(16)13-9-4-5-9/h2-3,6-7,9H,4-5H2,1H3,(H,13,16). The van der Waals surface area contributed by atoms with E-state index in [0.29, 0.717) is 21.1 Å². The molecule has 0 bridgehead atoms. The van der Waals surface area contributed by atoms with Crippen LogP contribution in [0.4, 0.5) is 0 Å². The van der Waals surface area contributed by atoms with Gasteiger partial charge in [0.25, 0.3) is 0 Å². The molecule has 1 N–H and O–H groups in total. The Balaban J connectivity index is 2.21. The Morgan fingerprint density at radius 1 is 1.47 bits per heavy atom. The van der Waals surface area contributed by atoms with Crippen molar-refractivity contribution in [1.82, 2.24) is 5.32 Å². The minimum atomic E-state index is -2.48. The Morgan fingerprint density at radius 2 is 2.06 bits per heavy atom. The van der Waals surface area contributed by atoms with Crippen LogP contribution in [0.2, 0.25) is 5.02 Å². The lowest BCUT2D eigenvalue weighted by Gasteiger charge is -2.06. The zero-order valence-electron chi connectivity index (χ0n) is 9.35. The van der Waals surface area contributed by atoms with Crippen molar-refractivity contribution in [2.75, 3.05) is 6.26 Å². The van der Waals surface area contributed by atoms with Crippen molar-refractivity contribution in [3.63, 3.8) is 0 Å². The van der Waals surface area contributed by atoms with Crippen LogP contribution in [0.25, 0.3) is 0 Å². The summed E-state index contributed by atoms with van der Waals surface area (Å²) in [5, 5.41) is 3.99. The van der Waals surface area contributed by atoms with E-state index in [4.69, 9.17) is 23.8 Å². The summed E-state index contributed by atoms with van der Waals surface area (Å²) in [6.45, 7) is 0. The van der Waals surface area contributed by atoms with Crippen LogP contribution >= 0.6 is 23.8 Å². The zero-order valence-corrected chi connectivity index (χ0v) is 11.7. The maximum Gasteiger partial charge on any atom is 0.202 e. The van der Waals surface area contributed by atoms with Crippen LogP contribution in [-0.2, 0) is 9.73 Å². The van der Waals surface area contributed by atoms with Crippen LogP contribution in [0, 0.1) is 0 Å².